The summed E-state index contributed by atoms with van der Waals surface area (Å²) in [5.41, 5.74) is 7.72. The maximum atomic E-state index is 8.94. The van der Waals surface area contributed by atoms with Crippen LogP contribution in [0.2, 0.25) is 5.02 Å². The Bertz CT molecular complexity index is 982. The lowest BCUT2D eigenvalue weighted by Gasteiger charge is -2.04. The molecule has 0 spiro atoms. The lowest BCUT2D eigenvalue weighted by atomic mass is 10.1. The van der Waals surface area contributed by atoms with Crippen LogP contribution in [0.4, 0.5) is 5.82 Å². The van der Waals surface area contributed by atoms with Crippen LogP contribution in [0.15, 0.2) is 42.7 Å². The van der Waals surface area contributed by atoms with E-state index in [0.29, 0.717) is 27.7 Å². The summed E-state index contributed by atoms with van der Waals surface area (Å²) in [4.78, 5) is 8.26. The maximum Gasteiger partial charge on any atom is 0.139 e. The van der Waals surface area contributed by atoms with Gasteiger partial charge in [-0.25, -0.2) is 4.98 Å². The third kappa shape index (κ3) is 3.20. The van der Waals surface area contributed by atoms with Crippen molar-refractivity contribution in [2.75, 3.05) is 12.3 Å². The summed E-state index contributed by atoms with van der Waals surface area (Å²) in [6.45, 7) is -0.350. The molecular formula is C18H13ClN4O. The number of anilines is 1. The van der Waals surface area contributed by atoms with Crippen LogP contribution >= 0.6 is 11.6 Å². The molecule has 0 bridgehead atoms. The maximum absolute atomic E-state index is 8.94. The van der Waals surface area contributed by atoms with E-state index >= 15 is 0 Å². The van der Waals surface area contributed by atoms with Gasteiger partial charge in [0.1, 0.15) is 5.82 Å². The molecule has 0 radical (unpaired) electrons. The van der Waals surface area contributed by atoms with Crippen LogP contribution in [0.25, 0.3) is 10.8 Å². The number of aliphatic hydroxyl groups excluding tert-OH is 1. The smallest absolute Gasteiger partial charge is 0.139 e. The number of halogens is 1. The molecule has 3 rings (SSSR count). The second-order valence-electron chi connectivity index (χ2n) is 5.07. The Hall–Kier alpha value is -2.94. The Labute approximate surface area is 143 Å². The van der Waals surface area contributed by atoms with Gasteiger partial charge in [0.2, 0.25) is 0 Å². The van der Waals surface area contributed by atoms with Crippen molar-refractivity contribution in [3.05, 3.63) is 64.6 Å². The van der Waals surface area contributed by atoms with Crippen molar-refractivity contribution in [2.45, 2.75) is 0 Å². The third-order valence-electron chi connectivity index (χ3n) is 3.45. The average molecular weight is 337 g/mol. The molecule has 118 valence electrons. The van der Waals surface area contributed by atoms with Crippen molar-refractivity contribution >= 4 is 33.9 Å². The molecule has 1 aromatic carbocycles. The topological polar surface area (TPSA) is 95.9 Å². The molecule has 4 N–H and O–H groups in total. The Morgan fingerprint density at radius 2 is 2.00 bits per heavy atom. The number of nitrogens with two attached hydrogens (primary N) is 1. The first-order chi connectivity index (χ1) is 11.6. The number of hydrogen-bond donors (Lipinski definition) is 3. The van der Waals surface area contributed by atoms with Crippen molar-refractivity contribution < 1.29 is 5.11 Å². The first kappa shape index (κ1) is 15.9. The van der Waals surface area contributed by atoms with Gasteiger partial charge in [0, 0.05) is 33.8 Å². The second-order valence-corrected chi connectivity index (χ2v) is 5.51. The second kappa shape index (κ2) is 6.67. The molecule has 0 saturated carbocycles. The number of hydrogen-bond acceptors (Lipinski definition) is 5. The van der Waals surface area contributed by atoms with Gasteiger partial charge in [0.25, 0.3) is 0 Å². The van der Waals surface area contributed by atoms with Crippen LogP contribution in [0.1, 0.15) is 16.8 Å². The van der Waals surface area contributed by atoms with Crippen LogP contribution in [0.5, 0.6) is 0 Å². The lowest BCUT2D eigenvalue weighted by molar-refractivity contribution is 0.357. The van der Waals surface area contributed by atoms with Gasteiger partial charge in [0.05, 0.1) is 23.6 Å². The Morgan fingerprint density at radius 1 is 1.17 bits per heavy atom. The summed E-state index contributed by atoms with van der Waals surface area (Å²) >= 11 is 6.06. The van der Waals surface area contributed by atoms with Crippen LogP contribution in [0.3, 0.4) is 0 Å². The number of aromatic nitrogens is 2. The van der Waals surface area contributed by atoms with Gasteiger partial charge in [-0.05, 0) is 24.3 Å². The minimum Gasteiger partial charge on any atom is -0.390 e. The summed E-state index contributed by atoms with van der Waals surface area (Å²) in [5, 5.41) is 18.8. The molecule has 0 aliphatic carbocycles. The fourth-order valence-electron chi connectivity index (χ4n) is 2.19. The van der Waals surface area contributed by atoms with Crippen molar-refractivity contribution in [2.24, 2.45) is 0 Å². The van der Waals surface area contributed by atoms with E-state index in [1.54, 1.807) is 30.6 Å². The quantitative estimate of drug-likeness (QED) is 0.495. The summed E-state index contributed by atoms with van der Waals surface area (Å²) < 4.78 is 0. The predicted octanol–water partition coefficient (Wildman–Crippen LogP) is 2.63. The van der Waals surface area contributed by atoms with Gasteiger partial charge in [-0.15, -0.1) is 0 Å². The molecule has 0 aliphatic heterocycles. The van der Waals surface area contributed by atoms with E-state index in [9.17, 15) is 0 Å². The summed E-state index contributed by atoms with van der Waals surface area (Å²) in [5.74, 6) is 6.35. The molecule has 2 heterocycles. The minimum atomic E-state index is -0.350. The highest BCUT2D eigenvalue weighted by atomic mass is 35.5. The molecule has 0 unspecified atom stereocenters. The molecule has 0 fully saturated rings. The molecule has 0 aliphatic rings. The van der Waals surface area contributed by atoms with Crippen LogP contribution in [0, 0.1) is 17.3 Å². The zero-order valence-corrected chi connectivity index (χ0v) is 13.3. The normalized spacial score (nSPS) is 10.2. The number of nitrogens with zero attached hydrogens (tertiary/aromatic N) is 2. The number of nitrogen functional groups attached to an aromatic ring is 1. The third-order valence-corrected chi connectivity index (χ3v) is 3.68. The molecule has 0 atom stereocenters. The van der Waals surface area contributed by atoms with Crippen LogP contribution < -0.4 is 5.73 Å². The predicted molar refractivity (Wildman–Crippen MR) is 95.3 cm³/mol. The fraction of sp³-hybridized carbons (Fsp3) is 0.0556. The highest BCUT2D eigenvalue weighted by molar-refractivity contribution is 6.31. The molecular weight excluding hydrogens is 324 g/mol. The largest absolute Gasteiger partial charge is 0.390 e. The van der Waals surface area contributed by atoms with E-state index in [1.807, 2.05) is 12.1 Å². The average Bonchev–Trinajstić information content (AvgIpc) is 2.60. The van der Waals surface area contributed by atoms with Gasteiger partial charge in [-0.3, -0.25) is 4.98 Å². The SMILES string of the molecule is N=C(CO)c1ccc(C#Cc2c(N)ncc3ccc(Cl)cc23)cn1. The van der Waals surface area contributed by atoms with Crippen molar-refractivity contribution in [3.8, 4) is 11.8 Å². The highest BCUT2D eigenvalue weighted by Crippen LogP contribution is 2.24. The Morgan fingerprint density at radius 3 is 2.71 bits per heavy atom. The molecule has 2 aromatic heterocycles. The number of pyridine rings is 2. The molecule has 5 nitrogen and oxygen atoms in total. The number of rotatable bonds is 2. The van der Waals surface area contributed by atoms with Crippen LogP contribution in [-0.4, -0.2) is 27.4 Å². The fourth-order valence-corrected chi connectivity index (χ4v) is 2.36. The highest BCUT2D eigenvalue weighted by Gasteiger charge is 2.05. The Balaban J connectivity index is 2.02. The van der Waals surface area contributed by atoms with E-state index in [4.69, 9.17) is 27.9 Å². The van der Waals surface area contributed by atoms with Crippen molar-refractivity contribution in [1.29, 1.82) is 5.41 Å². The molecule has 3 aromatic rings. The number of fused-ring (bicyclic) bond motifs is 1. The standard InChI is InChI=1S/C18H13ClN4O/c19-13-4-3-12-9-23-18(21)14(15(12)7-13)5-1-11-2-6-17(22-8-11)16(20)10-24/h2-4,6-9,20,24H,10H2,(H2,21,23). The number of benzene rings is 1. The zero-order valence-electron chi connectivity index (χ0n) is 12.5. The molecule has 6 heteroatoms. The number of nitrogens with one attached hydrogen (secondary N) is 1. The van der Waals surface area contributed by atoms with E-state index in [1.165, 1.54) is 0 Å². The first-order valence-electron chi connectivity index (χ1n) is 7.09. The minimum absolute atomic E-state index is 0.0617. The van der Waals surface area contributed by atoms with Crippen molar-refractivity contribution in [3.63, 3.8) is 0 Å². The Kier molecular flexibility index (Phi) is 4.43. The van der Waals surface area contributed by atoms with E-state index in [2.05, 4.69) is 21.8 Å². The van der Waals surface area contributed by atoms with E-state index in [-0.39, 0.29) is 12.3 Å². The zero-order chi connectivity index (χ0) is 17.1. The van der Waals surface area contributed by atoms with E-state index in [0.717, 1.165) is 10.8 Å². The summed E-state index contributed by atoms with van der Waals surface area (Å²) in [6, 6.07) is 8.85. The molecule has 24 heavy (non-hydrogen) atoms. The summed E-state index contributed by atoms with van der Waals surface area (Å²) in [7, 11) is 0. The first-order valence-corrected chi connectivity index (χ1v) is 7.47. The van der Waals surface area contributed by atoms with Gasteiger partial charge in [-0.2, -0.15) is 0 Å². The summed E-state index contributed by atoms with van der Waals surface area (Å²) in [6.07, 6.45) is 3.23. The molecule has 0 amide bonds. The number of aliphatic hydroxyl groups is 1. The van der Waals surface area contributed by atoms with Crippen LogP contribution in [-0.2, 0) is 0 Å². The van der Waals surface area contributed by atoms with Gasteiger partial charge >= 0.3 is 0 Å². The lowest BCUT2D eigenvalue weighted by Crippen LogP contribution is -2.06. The van der Waals surface area contributed by atoms with Gasteiger partial charge in [-0.1, -0.05) is 29.5 Å². The van der Waals surface area contributed by atoms with Gasteiger partial charge < -0.3 is 16.2 Å². The van der Waals surface area contributed by atoms with E-state index < -0.39 is 0 Å². The van der Waals surface area contributed by atoms with Crippen molar-refractivity contribution in [1.82, 2.24) is 9.97 Å². The van der Waals surface area contributed by atoms with Gasteiger partial charge in [0.15, 0.2) is 0 Å². The molecule has 0 saturated heterocycles. The monoisotopic (exact) mass is 336 g/mol.